The standard InChI is InChI=1S/C53H96N3O15PS/c1-3-5-7-9-11-13-15-17-19-21-23-25-27-29-31-33-50(61)68-42-45(71-51(62)34-32-30-28-26-24-22-20-18-16-14-12-10-8-6-4-2)43-70-72(65,66)69-40-37-55-53(64)67-39-36-54-47(57)35-38-56-48(58)41-46(52(56)63)73-44-49(59)60/h45-46H,3-44H2,1-2H3,(H,54,57)(H,55,64)(H,59,60)(H,65,66)/t45-,46?/m1/s1. The smallest absolute Gasteiger partial charge is 0.472 e. The number of unbranched alkanes of at least 4 members (excludes halogenated alkanes) is 28. The minimum absolute atomic E-state index is 0.0819. The minimum atomic E-state index is -4.71. The molecule has 18 nitrogen and oxygen atoms in total. The van der Waals surface area contributed by atoms with Crippen LogP contribution in [0.5, 0.6) is 0 Å². The first-order chi connectivity index (χ1) is 35.3. The highest BCUT2D eigenvalue weighted by Crippen LogP contribution is 2.43. The monoisotopic (exact) mass is 1080 g/mol. The Labute approximate surface area is 442 Å². The number of esters is 2. The molecule has 0 aromatic heterocycles. The van der Waals surface area contributed by atoms with Gasteiger partial charge in [-0.2, -0.15) is 0 Å². The van der Waals surface area contributed by atoms with E-state index in [4.69, 9.17) is 28.4 Å². The van der Waals surface area contributed by atoms with Gasteiger partial charge in [0.1, 0.15) is 13.2 Å². The molecule has 0 aromatic rings. The number of hydrogen-bond acceptors (Lipinski definition) is 14. The van der Waals surface area contributed by atoms with E-state index in [0.29, 0.717) is 12.8 Å². The normalized spacial score (nSPS) is 14.7. The molecule has 1 saturated heterocycles. The first kappa shape index (κ1) is 67.8. The number of hydrogen-bond donors (Lipinski definition) is 4. The van der Waals surface area contributed by atoms with Crippen LogP contribution in [-0.4, -0.2) is 120 Å². The molecule has 424 valence electrons. The molecule has 1 aliphatic heterocycles. The number of thioether (sulfide) groups is 1. The Kier molecular flexibility index (Phi) is 42.8. The number of ether oxygens (including phenoxy) is 3. The van der Waals surface area contributed by atoms with Crippen molar-refractivity contribution in [2.75, 3.05) is 51.8 Å². The molecule has 3 atom stereocenters. The van der Waals surface area contributed by atoms with Crippen molar-refractivity contribution in [1.29, 1.82) is 0 Å². The number of phosphoric ester groups is 1. The first-order valence-electron chi connectivity index (χ1n) is 28.1. The number of imide groups is 1. The number of carboxylic acids is 1. The van der Waals surface area contributed by atoms with Crippen molar-refractivity contribution in [3.63, 3.8) is 0 Å². The minimum Gasteiger partial charge on any atom is -0.481 e. The number of carbonyl (C=O) groups is 7. The lowest BCUT2D eigenvalue weighted by Crippen LogP contribution is -2.37. The molecular formula is C53H96N3O15PS. The number of carboxylic acid groups (broad SMARTS) is 1. The Morgan fingerprint density at radius 3 is 1.53 bits per heavy atom. The molecule has 20 heteroatoms. The maximum atomic E-state index is 12.8. The van der Waals surface area contributed by atoms with Gasteiger partial charge in [0, 0.05) is 38.8 Å². The Morgan fingerprint density at radius 1 is 0.603 bits per heavy atom. The molecule has 0 aliphatic carbocycles. The fourth-order valence-corrected chi connectivity index (χ4v) is 9.93. The predicted octanol–water partition coefficient (Wildman–Crippen LogP) is 11.3. The molecule has 0 radical (unpaired) electrons. The summed E-state index contributed by atoms with van der Waals surface area (Å²) in [6.45, 7) is 2.34. The van der Waals surface area contributed by atoms with Crippen molar-refractivity contribution < 1.29 is 71.4 Å². The third-order valence-corrected chi connectivity index (χ3v) is 14.7. The number of carbonyl (C=O) groups excluding carboxylic acids is 6. The van der Waals surface area contributed by atoms with Gasteiger partial charge in [0.25, 0.3) is 0 Å². The highest BCUT2D eigenvalue weighted by molar-refractivity contribution is 8.01. The van der Waals surface area contributed by atoms with Crippen LogP contribution in [0.4, 0.5) is 4.79 Å². The van der Waals surface area contributed by atoms with Gasteiger partial charge in [-0.3, -0.25) is 42.7 Å². The third-order valence-electron chi connectivity index (χ3n) is 12.6. The van der Waals surface area contributed by atoms with Gasteiger partial charge in [-0.1, -0.05) is 194 Å². The van der Waals surface area contributed by atoms with Crippen LogP contribution in [0.3, 0.4) is 0 Å². The molecule has 1 fully saturated rings. The number of likely N-dealkylation sites (tertiary alicyclic amines) is 1. The summed E-state index contributed by atoms with van der Waals surface area (Å²) in [4.78, 5) is 96.4. The number of nitrogens with zero attached hydrogens (tertiary/aromatic N) is 1. The zero-order chi connectivity index (χ0) is 53.6. The third kappa shape index (κ3) is 40.7. The summed E-state index contributed by atoms with van der Waals surface area (Å²) in [5.74, 6) is -3.96. The summed E-state index contributed by atoms with van der Waals surface area (Å²) < 4.78 is 38.7. The van der Waals surface area contributed by atoms with E-state index in [1.807, 2.05) is 0 Å². The second-order valence-corrected chi connectivity index (χ2v) is 21.9. The largest absolute Gasteiger partial charge is 0.481 e. The summed E-state index contributed by atoms with van der Waals surface area (Å²) in [5.41, 5.74) is 0. The molecule has 4 amide bonds. The van der Waals surface area contributed by atoms with E-state index in [1.54, 1.807) is 0 Å². The Hall–Kier alpha value is -3.25. The van der Waals surface area contributed by atoms with Crippen molar-refractivity contribution in [2.45, 2.75) is 244 Å². The van der Waals surface area contributed by atoms with E-state index >= 15 is 0 Å². The average Bonchev–Trinajstić information content (AvgIpc) is 3.63. The zero-order valence-corrected chi connectivity index (χ0v) is 46.6. The van der Waals surface area contributed by atoms with Crippen LogP contribution in [0.15, 0.2) is 0 Å². The maximum absolute atomic E-state index is 12.8. The van der Waals surface area contributed by atoms with Crippen LogP contribution >= 0.6 is 19.6 Å². The van der Waals surface area contributed by atoms with E-state index in [2.05, 4.69) is 24.5 Å². The lowest BCUT2D eigenvalue weighted by molar-refractivity contribution is -0.161. The summed E-state index contributed by atoms with van der Waals surface area (Å²) in [6, 6.07) is 0. The van der Waals surface area contributed by atoms with Gasteiger partial charge in [-0.15, -0.1) is 11.8 Å². The number of alkyl carbamates (subject to hydrolysis) is 1. The van der Waals surface area contributed by atoms with E-state index in [9.17, 15) is 43.0 Å². The molecule has 0 saturated carbocycles. The summed E-state index contributed by atoms with van der Waals surface area (Å²) in [7, 11) is -4.71. The van der Waals surface area contributed by atoms with Gasteiger partial charge in [0.2, 0.25) is 17.7 Å². The van der Waals surface area contributed by atoms with Gasteiger partial charge in [0.15, 0.2) is 6.10 Å². The van der Waals surface area contributed by atoms with E-state index < -0.39 is 74.1 Å². The van der Waals surface area contributed by atoms with Crippen molar-refractivity contribution in [3.8, 4) is 0 Å². The number of phosphoric acid groups is 1. The molecule has 0 spiro atoms. The van der Waals surface area contributed by atoms with E-state index in [0.717, 1.165) is 55.2 Å². The quantitative estimate of drug-likeness (QED) is 0.0145. The van der Waals surface area contributed by atoms with E-state index in [-0.39, 0.29) is 64.3 Å². The highest BCUT2D eigenvalue weighted by Gasteiger charge is 2.39. The summed E-state index contributed by atoms with van der Waals surface area (Å²) in [6.07, 6.45) is 33.9. The zero-order valence-electron chi connectivity index (χ0n) is 44.9. The molecule has 1 rings (SSSR count). The van der Waals surface area contributed by atoms with Crippen LogP contribution in [0.1, 0.15) is 232 Å². The molecule has 1 aliphatic rings. The summed E-state index contributed by atoms with van der Waals surface area (Å²) in [5, 5.41) is 12.8. The number of rotatable bonds is 51. The molecule has 4 N–H and O–H groups in total. The Morgan fingerprint density at radius 2 is 1.05 bits per heavy atom. The van der Waals surface area contributed by atoms with Gasteiger partial charge in [-0.05, 0) is 12.8 Å². The molecule has 0 bridgehead atoms. The van der Waals surface area contributed by atoms with Gasteiger partial charge in [-0.25, -0.2) is 9.36 Å². The van der Waals surface area contributed by atoms with Gasteiger partial charge >= 0.3 is 31.8 Å². The SMILES string of the molecule is CCCCCCCCCCCCCCCCCC(=O)OC[C@H](COP(=O)(O)OCCNC(=O)OCCNC(=O)CCN1C(=O)CC(SCC(=O)O)C1=O)OC(=O)CCCCCCCCCCCCCCCCC. The number of aliphatic carboxylic acids is 1. The summed E-state index contributed by atoms with van der Waals surface area (Å²) >= 11 is 0.854. The van der Waals surface area contributed by atoms with Crippen molar-refractivity contribution in [2.24, 2.45) is 0 Å². The van der Waals surface area contributed by atoms with Crippen LogP contribution in [-0.2, 0) is 56.6 Å². The molecule has 1 heterocycles. The van der Waals surface area contributed by atoms with E-state index in [1.165, 1.54) is 141 Å². The second-order valence-electron chi connectivity index (χ2n) is 19.2. The predicted molar refractivity (Wildman–Crippen MR) is 284 cm³/mol. The van der Waals surface area contributed by atoms with Crippen LogP contribution in [0.25, 0.3) is 0 Å². The Bertz CT molecular complexity index is 1560. The average molecular weight is 1080 g/mol. The highest BCUT2D eigenvalue weighted by atomic mass is 32.2. The molecular weight excluding hydrogens is 982 g/mol. The Balaban J connectivity index is 2.40. The van der Waals surface area contributed by atoms with Gasteiger partial charge < -0.3 is 34.8 Å². The lowest BCUT2D eigenvalue weighted by Gasteiger charge is -2.20. The molecule has 0 aromatic carbocycles. The topological polar surface area (TPSA) is 250 Å². The van der Waals surface area contributed by atoms with Gasteiger partial charge in [0.05, 0.1) is 30.8 Å². The fraction of sp³-hybridized carbons (Fsp3) is 0.868. The second kappa shape index (κ2) is 46.1. The van der Waals surface area contributed by atoms with Crippen LogP contribution < -0.4 is 10.6 Å². The first-order valence-corrected chi connectivity index (χ1v) is 30.6. The molecule has 2 unspecified atom stereocenters. The lowest BCUT2D eigenvalue weighted by atomic mass is 10.0. The van der Waals surface area contributed by atoms with Crippen molar-refractivity contribution in [1.82, 2.24) is 15.5 Å². The van der Waals surface area contributed by atoms with Crippen molar-refractivity contribution >= 4 is 61.3 Å². The fourth-order valence-electron chi connectivity index (χ4n) is 8.31. The van der Waals surface area contributed by atoms with Crippen molar-refractivity contribution in [3.05, 3.63) is 0 Å². The number of amides is 4. The number of nitrogens with one attached hydrogen (secondary N) is 2. The maximum Gasteiger partial charge on any atom is 0.472 e. The van der Waals surface area contributed by atoms with Crippen LogP contribution in [0, 0.1) is 0 Å². The van der Waals surface area contributed by atoms with Crippen LogP contribution in [0.2, 0.25) is 0 Å². The molecule has 73 heavy (non-hydrogen) atoms.